The fraction of sp³-hybridized carbons (Fsp3) is 0.391. The van der Waals surface area contributed by atoms with Crippen molar-refractivity contribution in [3.63, 3.8) is 0 Å². The Morgan fingerprint density at radius 2 is 1.70 bits per heavy atom. The van der Waals surface area contributed by atoms with E-state index in [2.05, 4.69) is 21.9 Å². The molecule has 0 N–H and O–H groups in total. The van der Waals surface area contributed by atoms with Crippen molar-refractivity contribution in [2.45, 2.75) is 19.4 Å². The number of aromatic nitrogens is 1. The van der Waals surface area contributed by atoms with E-state index in [-0.39, 0.29) is 5.56 Å². The highest BCUT2D eigenvalue weighted by molar-refractivity contribution is 5.74. The molecule has 2 heterocycles. The van der Waals surface area contributed by atoms with Crippen LogP contribution >= 0.6 is 0 Å². The third-order valence-electron chi connectivity index (χ3n) is 5.68. The Morgan fingerprint density at radius 3 is 2.50 bits per heavy atom. The van der Waals surface area contributed by atoms with E-state index in [1.807, 2.05) is 12.1 Å². The highest BCUT2D eigenvalue weighted by Gasteiger charge is 2.17. The molecule has 1 aliphatic rings. The molecule has 1 fully saturated rings. The molecule has 7 heteroatoms. The van der Waals surface area contributed by atoms with Gasteiger partial charge in [-0.3, -0.25) is 9.69 Å². The maximum absolute atomic E-state index is 12.5. The number of para-hydroxylation sites is 1. The molecule has 3 aromatic rings. The zero-order valence-electron chi connectivity index (χ0n) is 17.3. The first kappa shape index (κ1) is 20.2. The lowest BCUT2D eigenvalue weighted by atomic mass is 10.2. The minimum absolute atomic E-state index is 0.270. The van der Waals surface area contributed by atoms with Crippen molar-refractivity contribution in [1.82, 2.24) is 9.47 Å². The van der Waals surface area contributed by atoms with Gasteiger partial charge in [-0.1, -0.05) is 18.2 Å². The number of rotatable bonds is 7. The van der Waals surface area contributed by atoms with E-state index in [4.69, 9.17) is 9.15 Å². The van der Waals surface area contributed by atoms with Gasteiger partial charge >= 0.3 is 5.76 Å². The maximum atomic E-state index is 12.5. The van der Waals surface area contributed by atoms with E-state index >= 15 is 0 Å². The van der Waals surface area contributed by atoms with Crippen molar-refractivity contribution < 1.29 is 9.15 Å². The predicted octanol–water partition coefficient (Wildman–Crippen LogP) is 2.57. The minimum atomic E-state index is -0.578. The summed E-state index contributed by atoms with van der Waals surface area (Å²) in [5, 5.41) is 0.450. The van der Waals surface area contributed by atoms with Gasteiger partial charge < -0.3 is 14.1 Å². The quantitative estimate of drug-likeness (QED) is 0.559. The molecular formula is C23H27N3O4. The number of anilines is 1. The molecule has 0 bridgehead atoms. The molecule has 30 heavy (non-hydrogen) atoms. The number of ether oxygens (including phenoxy) is 1. The molecular weight excluding hydrogens is 382 g/mol. The van der Waals surface area contributed by atoms with Gasteiger partial charge in [-0.15, -0.1) is 0 Å². The number of piperazine rings is 1. The van der Waals surface area contributed by atoms with Crippen LogP contribution in [0.15, 0.2) is 62.5 Å². The summed E-state index contributed by atoms with van der Waals surface area (Å²) in [7, 11) is 1.69. The SMILES string of the molecule is COc1cccc(N2CCN(CCCCn3c(=O)oc4ccccc4c3=O)CC2)c1. The van der Waals surface area contributed by atoms with Gasteiger partial charge in [-0.25, -0.2) is 9.36 Å². The zero-order valence-corrected chi connectivity index (χ0v) is 17.3. The lowest BCUT2D eigenvalue weighted by Gasteiger charge is -2.36. The zero-order chi connectivity index (χ0) is 20.9. The number of fused-ring (bicyclic) bond motifs is 1. The number of hydrogen-bond donors (Lipinski definition) is 0. The van der Waals surface area contributed by atoms with Crippen LogP contribution in [0.25, 0.3) is 11.0 Å². The van der Waals surface area contributed by atoms with Gasteiger partial charge in [0, 0.05) is 44.5 Å². The predicted molar refractivity (Wildman–Crippen MR) is 118 cm³/mol. The van der Waals surface area contributed by atoms with E-state index in [9.17, 15) is 9.59 Å². The fourth-order valence-corrected chi connectivity index (χ4v) is 3.94. The van der Waals surface area contributed by atoms with Crippen LogP contribution in [0.3, 0.4) is 0 Å². The summed E-state index contributed by atoms with van der Waals surface area (Å²) in [6.45, 7) is 5.28. The second kappa shape index (κ2) is 9.17. The van der Waals surface area contributed by atoms with Crippen LogP contribution in [0.5, 0.6) is 5.75 Å². The Balaban J connectivity index is 1.27. The van der Waals surface area contributed by atoms with E-state index < -0.39 is 5.76 Å². The van der Waals surface area contributed by atoms with Crippen molar-refractivity contribution >= 4 is 16.7 Å². The molecule has 4 rings (SSSR count). The number of hydrogen-bond acceptors (Lipinski definition) is 6. The van der Waals surface area contributed by atoms with Gasteiger partial charge in [0.15, 0.2) is 0 Å². The average Bonchev–Trinajstić information content (AvgIpc) is 2.79. The summed E-state index contributed by atoms with van der Waals surface area (Å²) < 4.78 is 11.8. The largest absolute Gasteiger partial charge is 0.497 e. The van der Waals surface area contributed by atoms with Crippen LogP contribution in [-0.4, -0.2) is 49.3 Å². The number of methoxy groups -OCH3 is 1. The van der Waals surface area contributed by atoms with Crippen LogP contribution in [0.4, 0.5) is 5.69 Å². The highest BCUT2D eigenvalue weighted by atomic mass is 16.5. The Labute approximate surface area is 175 Å². The molecule has 0 saturated carbocycles. The summed E-state index contributed by atoms with van der Waals surface area (Å²) in [5.41, 5.74) is 1.27. The minimum Gasteiger partial charge on any atom is -0.497 e. The Morgan fingerprint density at radius 1 is 0.933 bits per heavy atom. The van der Waals surface area contributed by atoms with Crippen LogP contribution in [-0.2, 0) is 6.54 Å². The standard InChI is InChI=1S/C23H27N3O4/c1-29-19-8-6-7-18(17-19)25-15-13-24(14-16-25)11-4-5-12-26-22(27)20-9-2-3-10-21(20)30-23(26)28/h2-3,6-10,17H,4-5,11-16H2,1H3. The molecule has 1 aliphatic heterocycles. The monoisotopic (exact) mass is 409 g/mol. The highest BCUT2D eigenvalue weighted by Crippen LogP contribution is 2.22. The Hall–Kier alpha value is -3.06. The second-order valence-electron chi connectivity index (χ2n) is 7.56. The summed E-state index contributed by atoms with van der Waals surface area (Å²) >= 11 is 0. The van der Waals surface area contributed by atoms with Gasteiger partial charge in [0.1, 0.15) is 11.3 Å². The van der Waals surface area contributed by atoms with E-state index in [0.29, 0.717) is 17.5 Å². The van der Waals surface area contributed by atoms with Gasteiger partial charge in [-0.05, 0) is 43.7 Å². The van der Waals surface area contributed by atoms with Crippen molar-refractivity contribution in [1.29, 1.82) is 0 Å². The van der Waals surface area contributed by atoms with Crippen molar-refractivity contribution in [3.8, 4) is 5.75 Å². The molecule has 0 radical (unpaired) electrons. The van der Waals surface area contributed by atoms with Gasteiger partial charge in [-0.2, -0.15) is 0 Å². The Kier molecular flexibility index (Phi) is 6.18. The number of nitrogens with zero attached hydrogens (tertiary/aromatic N) is 3. The summed E-state index contributed by atoms with van der Waals surface area (Å²) in [6, 6.07) is 15.0. The molecule has 7 nitrogen and oxygen atoms in total. The normalized spacial score (nSPS) is 14.9. The second-order valence-corrected chi connectivity index (χ2v) is 7.56. The molecule has 1 aromatic heterocycles. The van der Waals surface area contributed by atoms with Crippen LogP contribution in [0.2, 0.25) is 0 Å². The van der Waals surface area contributed by atoms with Crippen LogP contribution < -0.4 is 21.0 Å². The van der Waals surface area contributed by atoms with E-state index in [1.54, 1.807) is 31.4 Å². The maximum Gasteiger partial charge on any atom is 0.422 e. The molecule has 0 spiro atoms. The van der Waals surface area contributed by atoms with Crippen molar-refractivity contribution in [2.24, 2.45) is 0 Å². The first-order chi connectivity index (χ1) is 14.7. The molecule has 0 amide bonds. The summed E-state index contributed by atoms with van der Waals surface area (Å²) in [4.78, 5) is 29.5. The van der Waals surface area contributed by atoms with E-state index in [0.717, 1.165) is 51.3 Å². The molecule has 1 saturated heterocycles. The van der Waals surface area contributed by atoms with Crippen molar-refractivity contribution in [2.75, 3.05) is 44.7 Å². The lowest BCUT2D eigenvalue weighted by Crippen LogP contribution is -2.46. The molecule has 0 aliphatic carbocycles. The smallest absolute Gasteiger partial charge is 0.422 e. The summed E-state index contributed by atoms with van der Waals surface area (Å²) in [6.07, 6.45) is 1.69. The van der Waals surface area contributed by atoms with Gasteiger partial charge in [0.25, 0.3) is 5.56 Å². The fourth-order valence-electron chi connectivity index (χ4n) is 3.94. The summed E-state index contributed by atoms with van der Waals surface area (Å²) in [5.74, 6) is 0.300. The van der Waals surface area contributed by atoms with Crippen LogP contribution in [0.1, 0.15) is 12.8 Å². The first-order valence-electron chi connectivity index (χ1n) is 10.4. The van der Waals surface area contributed by atoms with E-state index in [1.165, 1.54) is 10.3 Å². The number of unbranched alkanes of at least 4 members (excludes halogenated alkanes) is 1. The molecule has 158 valence electrons. The first-order valence-corrected chi connectivity index (χ1v) is 10.4. The van der Waals surface area contributed by atoms with Crippen molar-refractivity contribution in [3.05, 3.63) is 69.4 Å². The molecule has 0 unspecified atom stereocenters. The Bertz CT molecular complexity index is 1110. The van der Waals surface area contributed by atoms with Gasteiger partial charge in [0.2, 0.25) is 0 Å². The topological polar surface area (TPSA) is 67.9 Å². The lowest BCUT2D eigenvalue weighted by molar-refractivity contribution is 0.250. The average molecular weight is 409 g/mol. The molecule has 0 atom stereocenters. The third-order valence-corrected chi connectivity index (χ3v) is 5.68. The van der Waals surface area contributed by atoms with Gasteiger partial charge in [0.05, 0.1) is 12.5 Å². The van der Waals surface area contributed by atoms with Crippen LogP contribution in [0, 0.1) is 0 Å². The number of benzene rings is 2. The third kappa shape index (κ3) is 4.41. The molecule has 2 aromatic carbocycles.